The summed E-state index contributed by atoms with van der Waals surface area (Å²) in [5.41, 5.74) is 2.68. The summed E-state index contributed by atoms with van der Waals surface area (Å²) < 4.78 is 1.82. The number of anilines is 1. The molecule has 1 aliphatic rings. The Bertz CT molecular complexity index is 1270. The van der Waals surface area contributed by atoms with E-state index in [0.29, 0.717) is 33.9 Å². The second-order valence-corrected chi connectivity index (χ2v) is 8.93. The molecule has 0 aliphatic carbocycles. The van der Waals surface area contributed by atoms with Crippen molar-refractivity contribution in [2.24, 2.45) is 0 Å². The van der Waals surface area contributed by atoms with Crippen LogP contribution in [0.3, 0.4) is 0 Å². The van der Waals surface area contributed by atoms with Crippen molar-refractivity contribution in [2.45, 2.75) is 32.7 Å². The van der Waals surface area contributed by atoms with Crippen LogP contribution in [0.25, 0.3) is 6.08 Å². The number of hydrogen-bond acceptors (Lipinski definition) is 3. The van der Waals surface area contributed by atoms with Crippen LogP contribution in [0.15, 0.2) is 66.4 Å². The largest absolute Gasteiger partial charge is 0.343 e. The van der Waals surface area contributed by atoms with E-state index in [-0.39, 0.29) is 5.57 Å². The molecule has 0 bridgehead atoms. The zero-order valence-electron chi connectivity index (χ0n) is 18.7. The standard InChI is InChI=1S/C26H23Cl2N3O3/c1-3-16(2)17-9-11-18(12-10-17)31-25(33)20(24(32)29-26(31)34)14-19-6-5-13-30(19)15-21-22(27)7-4-8-23(21)28/h4-14,16H,3,15H2,1-2H3,(H,29,32,34)/b20-14-/t16-/m1/s1. The highest BCUT2D eigenvalue weighted by molar-refractivity contribution is 6.39. The number of urea groups is 1. The van der Waals surface area contributed by atoms with Gasteiger partial charge in [0.1, 0.15) is 5.57 Å². The van der Waals surface area contributed by atoms with Gasteiger partial charge in [-0.1, -0.05) is 55.2 Å². The van der Waals surface area contributed by atoms with Crippen molar-refractivity contribution in [3.05, 3.63) is 93.2 Å². The lowest BCUT2D eigenvalue weighted by Crippen LogP contribution is -2.54. The Balaban J connectivity index is 1.65. The van der Waals surface area contributed by atoms with Crippen LogP contribution in [0.4, 0.5) is 10.5 Å². The molecule has 4 rings (SSSR count). The number of hydrogen-bond donors (Lipinski definition) is 1. The minimum absolute atomic E-state index is 0.143. The molecule has 1 aliphatic heterocycles. The number of nitrogens with one attached hydrogen (secondary N) is 1. The Morgan fingerprint density at radius 1 is 0.971 bits per heavy atom. The van der Waals surface area contributed by atoms with Gasteiger partial charge in [-0.3, -0.25) is 14.9 Å². The van der Waals surface area contributed by atoms with Gasteiger partial charge in [0.25, 0.3) is 11.8 Å². The van der Waals surface area contributed by atoms with E-state index >= 15 is 0 Å². The van der Waals surface area contributed by atoms with Crippen LogP contribution in [0.2, 0.25) is 10.0 Å². The minimum atomic E-state index is -0.776. The van der Waals surface area contributed by atoms with E-state index in [9.17, 15) is 14.4 Å². The molecule has 1 saturated heterocycles. The van der Waals surface area contributed by atoms with Gasteiger partial charge in [0.2, 0.25) is 0 Å². The van der Waals surface area contributed by atoms with Gasteiger partial charge in [-0.2, -0.15) is 0 Å². The summed E-state index contributed by atoms with van der Waals surface area (Å²) in [5, 5.41) is 3.30. The van der Waals surface area contributed by atoms with Crippen LogP contribution in [0, 0.1) is 0 Å². The molecule has 4 amide bonds. The van der Waals surface area contributed by atoms with E-state index in [2.05, 4.69) is 19.2 Å². The van der Waals surface area contributed by atoms with E-state index < -0.39 is 17.8 Å². The van der Waals surface area contributed by atoms with Gasteiger partial charge < -0.3 is 4.57 Å². The van der Waals surface area contributed by atoms with Crippen molar-refractivity contribution in [3.8, 4) is 0 Å². The van der Waals surface area contributed by atoms with Crippen molar-refractivity contribution in [1.82, 2.24) is 9.88 Å². The van der Waals surface area contributed by atoms with Crippen molar-refractivity contribution in [2.75, 3.05) is 4.90 Å². The van der Waals surface area contributed by atoms with Crippen LogP contribution in [-0.2, 0) is 16.1 Å². The monoisotopic (exact) mass is 495 g/mol. The number of carbonyl (C=O) groups excluding carboxylic acids is 3. The van der Waals surface area contributed by atoms with Gasteiger partial charge in [0, 0.05) is 27.5 Å². The lowest BCUT2D eigenvalue weighted by atomic mass is 9.98. The number of halogens is 2. The molecule has 8 heteroatoms. The van der Waals surface area contributed by atoms with E-state index in [1.54, 1.807) is 48.7 Å². The fourth-order valence-corrected chi connectivity index (χ4v) is 4.30. The molecular formula is C26H23Cl2N3O3. The van der Waals surface area contributed by atoms with Crippen molar-refractivity contribution < 1.29 is 14.4 Å². The Kier molecular flexibility index (Phi) is 6.91. The molecule has 2 heterocycles. The molecule has 0 saturated carbocycles. The number of nitrogens with zero attached hydrogens (tertiary/aromatic N) is 2. The zero-order valence-corrected chi connectivity index (χ0v) is 20.2. The topological polar surface area (TPSA) is 71.4 Å². The van der Waals surface area contributed by atoms with Gasteiger partial charge in [0.15, 0.2) is 0 Å². The molecule has 6 nitrogen and oxygen atoms in total. The maximum absolute atomic E-state index is 13.3. The van der Waals surface area contributed by atoms with Crippen LogP contribution in [-0.4, -0.2) is 22.4 Å². The Hall–Kier alpha value is -3.35. The van der Waals surface area contributed by atoms with E-state index in [1.807, 2.05) is 16.7 Å². The number of rotatable bonds is 6. The Morgan fingerprint density at radius 3 is 2.29 bits per heavy atom. The first-order valence-electron chi connectivity index (χ1n) is 10.9. The van der Waals surface area contributed by atoms with Gasteiger partial charge in [0.05, 0.1) is 12.2 Å². The first-order valence-corrected chi connectivity index (χ1v) is 11.6. The fourth-order valence-electron chi connectivity index (χ4n) is 3.78. The molecule has 2 aromatic carbocycles. The SMILES string of the molecule is CC[C@@H](C)c1ccc(N2C(=O)NC(=O)/C(=C/c3cccn3Cc3c(Cl)cccc3Cl)C2=O)cc1. The molecule has 0 spiro atoms. The van der Waals surface area contributed by atoms with Gasteiger partial charge in [-0.05, 0) is 60.4 Å². The zero-order chi connectivity index (χ0) is 24.4. The third-order valence-corrected chi connectivity index (χ3v) is 6.69. The molecule has 1 N–H and O–H groups in total. The number of amides is 4. The van der Waals surface area contributed by atoms with Crippen LogP contribution in [0.1, 0.15) is 43.0 Å². The second-order valence-electron chi connectivity index (χ2n) is 8.12. The number of imide groups is 2. The molecule has 34 heavy (non-hydrogen) atoms. The molecule has 0 unspecified atom stereocenters. The summed E-state index contributed by atoms with van der Waals surface area (Å²) in [6.07, 6.45) is 4.24. The third-order valence-electron chi connectivity index (χ3n) is 5.98. The molecule has 174 valence electrons. The van der Waals surface area contributed by atoms with Gasteiger partial charge in [-0.25, -0.2) is 9.69 Å². The first kappa shape index (κ1) is 23.8. The molecular weight excluding hydrogens is 473 g/mol. The average molecular weight is 496 g/mol. The third kappa shape index (κ3) is 4.65. The molecule has 3 aromatic rings. The predicted octanol–water partition coefficient (Wildman–Crippen LogP) is 6.02. The predicted molar refractivity (Wildman–Crippen MR) is 134 cm³/mol. The lowest BCUT2D eigenvalue weighted by molar-refractivity contribution is -0.122. The number of aromatic nitrogens is 1. The fraction of sp³-hybridized carbons (Fsp3) is 0.192. The van der Waals surface area contributed by atoms with E-state index in [1.165, 1.54) is 6.08 Å². The van der Waals surface area contributed by atoms with Crippen molar-refractivity contribution in [1.29, 1.82) is 0 Å². The molecule has 1 aromatic heterocycles. The summed E-state index contributed by atoms with van der Waals surface area (Å²) in [5.74, 6) is -1.07. The summed E-state index contributed by atoms with van der Waals surface area (Å²) >= 11 is 12.6. The van der Waals surface area contributed by atoms with Crippen LogP contribution >= 0.6 is 23.2 Å². The number of barbiturate groups is 1. The molecule has 0 radical (unpaired) electrons. The van der Waals surface area contributed by atoms with Crippen LogP contribution in [0.5, 0.6) is 0 Å². The van der Waals surface area contributed by atoms with Crippen molar-refractivity contribution >= 4 is 52.8 Å². The Morgan fingerprint density at radius 2 is 1.65 bits per heavy atom. The van der Waals surface area contributed by atoms with E-state index in [4.69, 9.17) is 23.2 Å². The molecule has 1 atom stereocenters. The highest BCUT2D eigenvalue weighted by atomic mass is 35.5. The van der Waals surface area contributed by atoms with Gasteiger partial charge >= 0.3 is 6.03 Å². The smallest absolute Gasteiger partial charge is 0.335 e. The highest BCUT2D eigenvalue weighted by Crippen LogP contribution is 2.28. The maximum atomic E-state index is 13.3. The highest BCUT2D eigenvalue weighted by Gasteiger charge is 2.37. The first-order chi connectivity index (χ1) is 16.3. The normalized spacial score (nSPS) is 16.2. The Labute approximate surface area is 207 Å². The summed E-state index contributed by atoms with van der Waals surface area (Å²) in [6, 6.07) is 15.3. The summed E-state index contributed by atoms with van der Waals surface area (Å²) in [7, 11) is 0. The number of benzene rings is 2. The summed E-state index contributed by atoms with van der Waals surface area (Å²) in [6.45, 7) is 4.55. The van der Waals surface area contributed by atoms with E-state index in [0.717, 1.165) is 22.4 Å². The van der Waals surface area contributed by atoms with Crippen molar-refractivity contribution in [3.63, 3.8) is 0 Å². The van der Waals surface area contributed by atoms with Gasteiger partial charge in [-0.15, -0.1) is 0 Å². The average Bonchev–Trinajstić information content (AvgIpc) is 3.25. The maximum Gasteiger partial charge on any atom is 0.335 e. The second kappa shape index (κ2) is 9.87. The molecule has 1 fully saturated rings. The van der Waals surface area contributed by atoms with Crippen LogP contribution < -0.4 is 10.2 Å². The quantitative estimate of drug-likeness (QED) is 0.335. The minimum Gasteiger partial charge on any atom is -0.343 e. The number of carbonyl (C=O) groups is 3. The summed E-state index contributed by atoms with van der Waals surface area (Å²) in [4.78, 5) is 39.3. The lowest BCUT2D eigenvalue weighted by Gasteiger charge is -2.26.